The molecule has 2 heterocycles. The van der Waals surface area contributed by atoms with Crippen LogP contribution in [0, 0.1) is 12.7 Å². The number of halogens is 1. The van der Waals surface area contributed by atoms with E-state index in [9.17, 15) is 4.39 Å². The van der Waals surface area contributed by atoms with Crippen LogP contribution < -0.4 is 5.73 Å². The van der Waals surface area contributed by atoms with E-state index in [0.717, 1.165) is 11.4 Å². The van der Waals surface area contributed by atoms with E-state index >= 15 is 0 Å². The van der Waals surface area contributed by atoms with Crippen molar-refractivity contribution in [3.63, 3.8) is 0 Å². The molecule has 0 fully saturated rings. The Hall–Kier alpha value is -2.77. The maximum atomic E-state index is 13.4. The molecule has 8 heteroatoms. The van der Waals surface area contributed by atoms with Crippen molar-refractivity contribution < 1.29 is 4.39 Å². The van der Waals surface area contributed by atoms with Gasteiger partial charge in [-0.3, -0.25) is 4.68 Å². The van der Waals surface area contributed by atoms with Gasteiger partial charge in [-0.2, -0.15) is 9.78 Å². The number of nitrogens with two attached hydrogens (primary N) is 1. The van der Waals surface area contributed by atoms with Gasteiger partial charge in [-0.1, -0.05) is 0 Å². The van der Waals surface area contributed by atoms with Gasteiger partial charge >= 0.3 is 0 Å². The van der Waals surface area contributed by atoms with Gasteiger partial charge in [0.1, 0.15) is 11.5 Å². The molecule has 3 rings (SSSR count). The summed E-state index contributed by atoms with van der Waals surface area (Å²) in [7, 11) is 1.80. The Morgan fingerprint density at radius 2 is 2.10 bits per heavy atom. The van der Waals surface area contributed by atoms with Crippen LogP contribution >= 0.6 is 0 Å². The molecule has 0 aliphatic rings. The number of aryl methyl sites for hydroxylation is 2. The largest absolute Gasteiger partial charge is 0.398 e. The molecule has 0 atom stereocenters. The molecule has 2 aromatic heterocycles. The first-order valence-electron chi connectivity index (χ1n) is 5.90. The van der Waals surface area contributed by atoms with Crippen LogP contribution in [0.4, 0.5) is 10.1 Å². The zero-order valence-electron chi connectivity index (χ0n) is 10.9. The molecule has 0 saturated heterocycles. The number of hydrogen-bond donors (Lipinski definition) is 1. The molecule has 0 aliphatic heterocycles. The first-order valence-corrected chi connectivity index (χ1v) is 5.90. The van der Waals surface area contributed by atoms with E-state index in [1.165, 1.54) is 22.9 Å². The summed E-state index contributed by atoms with van der Waals surface area (Å²) in [6.45, 7) is 1.84. The Labute approximate surface area is 113 Å². The van der Waals surface area contributed by atoms with E-state index in [2.05, 4.69) is 20.6 Å². The second kappa shape index (κ2) is 4.41. The number of hydrogen-bond acceptors (Lipinski definition) is 5. The molecule has 1 aromatic carbocycles. The fourth-order valence-corrected chi connectivity index (χ4v) is 2.03. The average molecular weight is 273 g/mol. The topological polar surface area (TPSA) is 87.4 Å². The van der Waals surface area contributed by atoms with Gasteiger partial charge in [-0.25, -0.2) is 4.39 Å². The zero-order chi connectivity index (χ0) is 14.3. The summed E-state index contributed by atoms with van der Waals surface area (Å²) in [6.07, 6.45) is 1.78. The molecule has 102 valence electrons. The highest BCUT2D eigenvalue weighted by Gasteiger charge is 2.17. The maximum Gasteiger partial charge on any atom is 0.189 e. The summed E-state index contributed by atoms with van der Waals surface area (Å²) < 4.78 is 16.6. The lowest BCUT2D eigenvalue weighted by molar-refractivity contribution is 0.628. The van der Waals surface area contributed by atoms with Gasteiger partial charge in [0.05, 0.1) is 11.9 Å². The highest BCUT2D eigenvalue weighted by atomic mass is 19.1. The van der Waals surface area contributed by atoms with Gasteiger partial charge in [-0.15, -0.1) is 5.10 Å². The number of rotatable bonds is 2. The third kappa shape index (κ3) is 1.91. The van der Waals surface area contributed by atoms with E-state index in [0.29, 0.717) is 17.1 Å². The standard InChI is InChI=1S/C12H12FN7/c1-7-11(6-19(2)16-7)20-12(15-17-18-20)9-5-8(13)3-4-10(9)14/h3-6H,14H2,1-2H3. The summed E-state index contributed by atoms with van der Waals surface area (Å²) in [4.78, 5) is 0. The normalized spacial score (nSPS) is 10.9. The molecule has 20 heavy (non-hydrogen) atoms. The van der Waals surface area contributed by atoms with E-state index in [1.54, 1.807) is 17.9 Å². The van der Waals surface area contributed by atoms with Gasteiger partial charge in [0.15, 0.2) is 5.82 Å². The van der Waals surface area contributed by atoms with Crippen molar-refractivity contribution in [2.45, 2.75) is 6.92 Å². The number of anilines is 1. The number of tetrazole rings is 1. The minimum atomic E-state index is -0.397. The van der Waals surface area contributed by atoms with E-state index in [-0.39, 0.29) is 0 Å². The maximum absolute atomic E-state index is 13.4. The van der Waals surface area contributed by atoms with Gasteiger partial charge < -0.3 is 5.73 Å². The van der Waals surface area contributed by atoms with E-state index in [4.69, 9.17) is 5.73 Å². The summed E-state index contributed by atoms with van der Waals surface area (Å²) in [5.74, 6) is -0.0234. The quantitative estimate of drug-likeness (QED) is 0.706. The van der Waals surface area contributed by atoms with Crippen molar-refractivity contribution in [1.82, 2.24) is 30.0 Å². The Kier molecular flexibility index (Phi) is 2.70. The van der Waals surface area contributed by atoms with Gasteiger partial charge in [0.25, 0.3) is 0 Å². The third-order valence-electron chi connectivity index (χ3n) is 2.94. The van der Waals surface area contributed by atoms with Crippen LogP contribution in [-0.2, 0) is 7.05 Å². The summed E-state index contributed by atoms with van der Waals surface area (Å²) in [5, 5.41) is 15.7. The Morgan fingerprint density at radius 3 is 2.80 bits per heavy atom. The first kappa shape index (κ1) is 12.3. The number of aromatic nitrogens is 6. The molecule has 0 bridgehead atoms. The molecule has 0 unspecified atom stereocenters. The van der Waals surface area contributed by atoms with Crippen molar-refractivity contribution in [1.29, 1.82) is 0 Å². The molecule has 7 nitrogen and oxygen atoms in total. The molecule has 3 aromatic rings. The molecular weight excluding hydrogens is 261 g/mol. The van der Waals surface area contributed by atoms with Crippen LogP contribution in [0.25, 0.3) is 17.1 Å². The van der Waals surface area contributed by atoms with E-state index < -0.39 is 5.82 Å². The SMILES string of the molecule is Cc1nn(C)cc1-n1nnnc1-c1cc(F)ccc1N. The highest BCUT2D eigenvalue weighted by Crippen LogP contribution is 2.26. The van der Waals surface area contributed by atoms with Gasteiger partial charge in [0.2, 0.25) is 0 Å². The number of nitrogens with zero attached hydrogens (tertiary/aromatic N) is 6. The molecule has 2 N–H and O–H groups in total. The van der Waals surface area contributed by atoms with Crippen molar-refractivity contribution >= 4 is 5.69 Å². The minimum Gasteiger partial charge on any atom is -0.398 e. The predicted octanol–water partition coefficient (Wildman–Crippen LogP) is 1.09. The molecule has 0 saturated carbocycles. The second-order valence-electron chi connectivity index (χ2n) is 4.42. The molecule has 0 radical (unpaired) electrons. The first-order chi connectivity index (χ1) is 9.56. The molecule has 0 aliphatic carbocycles. The average Bonchev–Trinajstić information content (AvgIpc) is 2.98. The van der Waals surface area contributed by atoms with Gasteiger partial charge in [-0.05, 0) is 35.5 Å². The minimum absolute atomic E-state index is 0.373. The lowest BCUT2D eigenvalue weighted by atomic mass is 10.1. The Morgan fingerprint density at radius 1 is 1.30 bits per heavy atom. The van der Waals surface area contributed by atoms with Crippen molar-refractivity contribution in [2.75, 3.05) is 5.73 Å². The Balaban J connectivity index is 2.20. The molecule has 0 amide bonds. The molecule has 0 spiro atoms. The van der Waals surface area contributed by atoms with Crippen LogP contribution in [0.1, 0.15) is 5.69 Å². The monoisotopic (exact) mass is 273 g/mol. The summed E-state index contributed by atoms with van der Waals surface area (Å²) >= 11 is 0. The van der Waals surface area contributed by atoms with Crippen molar-refractivity contribution in [3.8, 4) is 17.1 Å². The molecular formula is C12H12FN7. The number of benzene rings is 1. The number of nitrogen functional groups attached to an aromatic ring is 1. The fraction of sp³-hybridized carbons (Fsp3) is 0.167. The lowest BCUT2D eigenvalue weighted by Gasteiger charge is -2.06. The predicted molar refractivity (Wildman–Crippen MR) is 70.5 cm³/mol. The van der Waals surface area contributed by atoms with Crippen molar-refractivity contribution in [2.24, 2.45) is 7.05 Å². The van der Waals surface area contributed by atoms with Crippen LogP contribution in [0.3, 0.4) is 0 Å². The summed E-state index contributed by atoms with van der Waals surface area (Å²) in [5.41, 5.74) is 8.20. The summed E-state index contributed by atoms with van der Waals surface area (Å²) in [6, 6.07) is 4.09. The van der Waals surface area contributed by atoms with Crippen LogP contribution in [-0.4, -0.2) is 30.0 Å². The van der Waals surface area contributed by atoms with E-state index in [1.807, 2.05) is 6.92 Å². The van der Waals surface area contributed by atoms with Gasteiger partial charge in [0, 0.05) is 18.3 Å². The second-order valence-corrected chi connectivity index (χ2v) is 4.42. The third-order valence-corrected chi connectivity index (χ3v) is 2.94. The van der Waals surface area contributed by atoms with Crippen LogP contribution in [0.15, 0.2) is 24.4 Å². The highest BCUT2D eigenvalue weighted by molar-refractivity contribution is 5.72. The lowest BCUT2D eigenvalue weighted by Crippen LogP contribution is -2.02. The fourth-order valence-electron chi connectivity index (χ4n) is 2.03. The van der Waals surface area contributed by atoms with Crippen molar-refractivity contribution in [3.05, 3.63) is 35.9 Å². The van der Waals surface area contributed by atoms with Crippen LogP contribution in [0.5, 0.6) is 0 Å². The zero-order valence-corrected chi connectivity index (χ0v) is 10.9. The van der Waals surface area contributed by atoms with Crippen LogP contribution in [0.2, 0.25) is 0 Å². The smallest absolute Gasteiger partial charge is 0.189 e. The Bertz CT molecular complexity index is 774.